The molecule has 2 N–H and O–H groups in total. The Hall–Kier alpha value is -1.62. The van der Waals surface area contributed by atoms with E-state index in [2.05, 4.69) is 6.92 Å². The number of fused-ring (bicyclic) bond motifs is 1. The molecule has 0 bridgehead atoms. The van der Waals surface area contributed by atoms with E-state index in [-0.39, 0.29) is 17.7 Å². The third-order valence-corrected chi connectivity index (χ3v) is 5.01. The van der Waals surface area contributed by atoms with E-state index in [1.165, 1.54) is 0 Å². The number of likely N-dealkylation sites (tertiary alicyclic amines) is 1. The minimum absolute atomic E-state index is 0.0634. The maximum absolute atomic E-state index is 12.9. The molecule has 2 unspecified atom stereocenters. The Kier molecular flexibility index (Phi) is 4.08. The zero-order chi connectivity index (χ0) is 15.9. The van der Waals surface area contributed by atoms with Crippen molar-refractivity contribution >= 4 is 11.7 Å². The van der Waals surface area contributed by atoms with E-state index in [1.54, 1.807) is 0 Å². The second kappa shape index (κ2) is 5.88. The number of nitrogens with zero attached hydrogens (tertiary/aromatic N) is 1. The van der Waals surface area contributed by atoms with Crippen LogP contribution in [0.1, 0.15) is 64.8 Å². The summed E-state index contributed by atoms with van der Waals surface area (Å²) >= 11 is 0. The topological polar surface area (TPSA) is 76.5 Å². The van der Waals surface area contributed by atoms with Gasteiger partial charge in [-0.05, 0) is 32.1 Å². The van der Waals surface area contributed by atoms with Gasteiger partial charge in [-0.1, -0.05) is 6.92 Å². The Morgan fingerprint density at radius 1 is 1.41 bits per heavy atom. The van der Waals surface area contributed by atoms with Crippen molar-refractivity contribution in [2.75, 3.05) is 13.1 Å². The van der Waals surface area contributed by atoms with Gasteiger partial charge >= 0.3 is 0 Å². The lowest BCUT2D eigenvalue weighted by molar-refractivity contribution is 0.0538. The Labute approximate surface area is 130 Å². The molecule has 2 aliphatic rings. The van der Waals surface area contributed by atoms with Crippen molar-refractivity contribution in [2.45, 2.75) is 52.0 Å². The third-order valence-electron chi connectivity index (χ3n) is 5.01. The highest BCUT2D eigenvalue weighted by molar-refractivity contribution is 6.03. The van der Waals surface area contributed by atoms with Crippen molar-refractivity contribution in [1.29, 1.82) is 0 Å². The minimum atomic E-state index is -0.109. The smallest absolute Gasteiger partial charge is 0.290 e. The number of hydrogen-bond donors (Lipinski definition) is 1. The molecule has 2 heterocycles. The van der Waals surface area contributed by atoms with Gasteiger partial charge in [0.15, 0.2) is 11.5 Å². The van der Waals surface area contributed by atoms with Gasteiger partial charge in [0, 0.05) is 37.5 Å². The molecule has 1 aliphatic carbocycles. The molecule has 1 aromatic rings. The maximum Gasteiger partial charge on any atom is 0.290 e. The summed E-state index contributed by atoms with van der Waals surface area (Å²) in [6, 6.07) is 0.0634. The van der Waals surface area contributed by atoms with Crippen LogP contribution in [-0.2, 0) is 6.42 Å². The van der Waals surface area contributed by atoms with Crippen LogP contribution in [0.5, 0.6) is 0 Å². The van der Waals surface area contributed by atoms with Crippen LogP contribution in [-0.4, -0.2) is 35.7 Å². The summed E-state index contributed by atoms with van der Waals surface area (Å²) in [5, 5.41) is 0. The van der Waals surface area contributed by atoms with Crippen LogP contribution >= 0.6 is 0 Å². The van der Waals surface area contributed by atoms with Crippen LogP contribution in [0.25, 0.3) is 0 Å². The van der Waals surface area contributed by atoms with E-state index in [4.69, 9.17) is 10.2 Å². The van der Waals surface area contributed by atoms with Crippen molar-refractivity contribution in [3.63, 3.8) is 0 Å². The average molecular weight is 304 g/mol. The Bertz CT molecular complexity index is 605. The molecule has 0 spiro atoms. The predicted molar refractivity (Wildman–Crippen MR) is 83.0 cm³/mol. The average Bonchev–Trinajstić information content (AvgIpc) is 2.85. The van der Waals surface area contributed by atoms with Crippen molar-refractivity contribution in [2.24, 2.45) is 11.7 Å². The highest BCUT2D eigenvalue weighted by Crippen LogP contribution is 2.31. The molecule has 5 nitrogen and oxygen atoms in total. The molecule has 1 saturated heterocycles. The number of nitrogens with two attached hydrogens (primary N) is 1. The van der Waals surface area contributed by atoms with Gasteiger partial charge in [-0.2, -0.15) is 0 Å². The molecule has 0 radical (unpaired) electrons. The number of Topliss-reactive ketones (excluding diaryl/α,β-unsaturated/α-hetero) is 1. The Morgan fingerprint density at radius 3 is 2.86 bits per heavy atom. The molecule has 5 heteroatoms. The van der Waals surface area contributed by atoms with Crippen LogP contribution in [0.4, 0.5) is 0 Å². The molecule has 0 aromatic carbocycles. The molecule has 120 valence electrons. The lowest BCUT2D eigenvalue weighted by Gasteiger charge is -2.37. The van der Waals surface area contributed by atoms with Crippen molar-refractivity contribution in [3.05, 3.63) is 22.6 Å². The Balaban J connectivity index is 1.91. The van der Waals surface area contributed by atoms with E-state index in [1.807, 2.05) is 11.8 Å². The fourth-order valence-electron chi connectivity index (χ4n) is 3.73. The molecule has 1 aliphatic heterocycles. The van der Waals surface area contributed by atoms with E-state index in [0.29, 0.717) is 48.1 Å². The van der Waals surface area contributed by atoms with Crippen molar-refractivity contribution < 1.29 is 14.0 Å². The zero-order valence-corrected chi connectivity index (χ0v) is 13.4. The van der Waals surface area contributed by atoms with Gasteiger partial charge < -0.3 is 15.1 Å². The zero-order valence-electron chi connectivity index (χ0n) is 13.4. The number of ketones is 1. The van der Waals surface area contributed by atoms with Gasteiger partial charge in [0.1, 0.15) is 5.76 Å². The van der Waals surface area contributed by atoms with Gasteiger partial charge in [-0.25, -0.2) is 0 Å². The lowest BCUT2D eigenvalue weighted by atomic mass is 9.91. The van der Waals surface area contributed by atoms with Crippen LogP contribution in [0.3, 0.4) is 0 Å². The van der Waals surface area contributed by atoms with Crippen LogP contribution in [0.15, 0.2) is 4.42 Å². The standard InChI is InChI=1S/C17H24N2O3/c1-10-6-7-19(12(8-10)9-18)17(21)16-11(2)15-13(20)4-3-5-14(15)22-16/h10,12H,3-9,18H2,1-2H3. The molecule has 22 heavy (non-hydrogen) atoms. The first kappa shape index (κ1) is 15.3. The number of furan rings is 1. The second-order valence-electron chi connectivity index (χ2n) is 6.65. The number of piperidine rings is 1. The van der Waals surface area contributed by atoms with Gasteiger partial charge in [-0.15, -0.1) is 0 Å². The predicted octanol–water partition coefficient (Wildman–Crippen LogP) is 2.31. The van der Waals surface area contributed by atoms with Gasteiger partial charge in [0.05, 0.1) is 5.56 Å². The van der Waals surface area contributed by atoms with Crippen molar-refractivity contribution in [1.82, 2.24) is 4.90 Å². The first-order valence-corrected chi connectivity index (χ1v) is 8.19. The number of hydrogen-bond acceptors (Lipinski definition) is 4. The maximum atomic E-state index is 12.9. The molecule has 2 atom stereocenters. The van der Waals surface area contributed by atoms with Crippen LogP contribution in [0.2, 0.25) is 0 Å². The number of amides is 1. The number of aryl methyl sites for hydroxylation is 1. The highest BCUT2D eigenvalue weighted by Gasteiger charge is 2.35. The molecule has 3 rings (SSSR count). The fraction of sp³-hybridized carbons (Fsp3) is 0.647. The van der Waals surface area contributed by atoms with Gasteiger partial charge in [0.2, 0.25) is 0 Å². The first-order chi connectivity index (χ1) is 10.5. The highest BCUT2D eigenvalue weighted by atomic mass is 16.4. The summed E-state index contributed by atoms with van der Waals surface area (Å²) in [5.74, 6) is 1.61. The minimum Gasteiger partial charge on any atom is -0.455 e. The summed E-state index contributed by atoms with van der Waals surface area (Å²) in [5.41, 5.74) is 7.20. The number of carbonyl (C=O) groups excluding carboxylic acids is 2. The molecule has 1 aromatic heterocycles. The Morgan fingerprint density at radius 2 is 2.18 bits per heavy atom. The van der Waals surface area contributed by atoms with E-state index in [0.717, 1.165) is 25.7 Å². The number of rotatable bonds is 2. The van der Waals surface area contributed by atoms with E-state index >= 15 is 0 Å². The SMILES string of the molecule is Cc1c(C(=O)N2CCC(C)CC2CN)oc2c1C(=O)CCC2. The second-order valence-corrected chi connectivity index (χ2v) is 6.65. The summed E-state index contributed by atoms with van der Waals surface area (Å²) in [6.45, 7) is 5.19. The summed E-state index contributed by atoms with van der Waals surface area (Å²) in [4.78, 5) is 26.8. The normalized spacial score (nSPS) is 25.2. The van der Waals surface area contributed by atoms with Crippen molar-refractivity contribution in [3.8, 4) is 0 Å². The van der Waals surface area contributed by atoms with Gasteiger partial charge in [0.25, 0.3) is 5.91 Å². The quantitative estimate of drug-likeness (QED) is 0.909. The van der Waals surface area contributed by atoms with E-state index < -0.39 is 0 Å². The monoisotopic (exact) mass is 304 g/mol. The molecular formula is C17H24N2O3. The van der Waals surface area contributed by atoms with E-state index in [9.17, 15) is 9.59 Å². The summed E-state index contributed by atoms with van der Waals surface area (Å²) in [7, 11) is 0. The molecule has 1 fully saturated rings. The molecule has 1 amide bonds. The third kappa shape index (κ3) is 2.47. The lowest BCUT2D eigenvalue weighted by Crippen LogP contribution is -2.49. The number of carbonyl (C=O) groups is 2. The van der Waals surface area contributed by atoms with Crippen LogP contribution in [0, 0.1) is 12.8 Å². The van der Waals surface area contributed by atoms with Crippen LogP contribution < -0.4 is 5.73 Å². The summed E-state index contributed by atoms with van der Waals surface area (Å²) < 4.78 is 5.79. The summed E-state index contributed by atoms with van der Waals surface area (Å²) in [6.07, 6.45) is 4.01. The first-order valence-electron chi connectivity index (χ1n) is 8.19. The van der Waals surface area contributed by atoms with Gasteiger partial charge in [-0.3, -0.25) is 9.59 Å². The molecule has 0 saturated carbocycles. The largest absolute Gasteiger partial charge is 0.455 e. The molecular weight excluding hydrogens is 280 g/mol. The fourth-order valence-corrected chi connectivity index (χ4v) is 3.73.